The molecule has 8 heteroatoms. The van der Waals surface area contributed by atoms with Gasteiger partial charge in [0.05, 0.1) is 22.8 Å². The van der Waals surface area contributed by atoms with Crippen molar-refractivity contribution in [3.05, 3.63) is 72.4 Å². The summed E-state index contributed by atoms with van der Waals surface area (Å²) in [5, 5.41) is 7.80. The first-order valence-corrected chi connectivity index (χ1v) is 11.5. The number of fused-ring (bicyclic) bond motifs is 1. The number of anilines is 2. The van der Waals surface area contributed by atoms with Crippen molar-refractivity contribution in [3.8, 4) is 11.3 Å². The van der Waals surface area contributed by atoms with Crippen molar-refractivity contribution in [1.82, 2.24) is 14.8 Å². The highest BCUT2D eigenvalue weighted by atomic mass is 16.5. The number of esters is 1. The van der Waals surface area contributed by atoms with Crippen molar-refractivity contribution in [2.75, 3.05) is 24.3 Å². The van der Waals surface area contributed by atoms with Crippen LogP contribution in [-0.4, -0.2) is 46.8 Å². The van der Waals surface area contributed by atoms with Crippen LogP contribution in [0.25, 0.3) is 22.3 Å². The molecule has 0 saturated heterocycles. The maximum Gasteiger partial charge on any atom is 0.339 e. The van der Waals surface area contributed by atoms with E-state index in [1.54, 1.807) is 36.0 Å². The van der Waals surface area contributed by atoms with E-state index in [0.29, 0.717) is 28.0 Å². The summed E-state index contributed by atoms with van der Waals surface area (Å²) in [6.45, 7) is 5.55. The summed E-state index contributed by atoms with van der Waals surface area (Å²) >= 11 is 0. The van der Waals surface area contributed by atoms with Gasteiger partial charge in [0, 0.05) is 37.1 Å². The number of aromatic nitrogens is 3. The lowest BCUT2D eigenvalue weighted by atomic mass is 10.1. The fourth-order valence-corrected chi connectivity index (χ4v) is 3.69. The van der Waals surface area contributed by atoms with E-state index in [1.807, 2.05) is 75.3 Å². The standard InChI is InChI=1S/C27H29N5O3/c1-17(2)32-25-23(16-28-32)22(15-24(30-25)19-9-7-6-8-10-19)27(34)35-18(3)26(33)29-20-11-13-21(14-12-20)31(4)5/h6-18H,1-5H3,(H,29,33). The second-order valence-corrected chi connectivity index (χ2v) is 8.82. The first kappa shape index (κ1) is 23.9. The minimum absolute atomic E-state index is 0.0541. The quantitative estimate of drug-likeness (QED) is 0.385. The lowest BCUT2D eigenvalue weighted by Crippen LogP contribution is -2.30. The molecule has 0 fully saturated rings. The van der Waals surface area contributed by atoms with Crippen molar-refractivity contribution < 1.29 is 14.3 Å². The molecule has 1 N–H and O–H groups in total. The molecule has 180 valence electrons. The van der Waals surface area contributed by atoms with Crippen molar-refractivity contribution in [2.24, 2.45) is 0 Å². The zero-order chi connectivity index (χ0) is 25.1. The molecule has 4 rings (SSSR count). The van der Waals surface area contributed by atoms with Gasteiger partial charge in [-0.15, -0.1) is 0 Å². The van der Waals surface area contributed by atoms with E-state index in [0.717, 1.165) is 11.3 Å². The van der Waals surface area contributed by atoms with Crippen LogP contribution in [0.5, 0.6) is 0 Å². The summed E-state index contributed by atoms with van der Waals surface area (Å²) in [5.41, 5.74) is 4.04. The Morgan fingerprint density at radius 2 is 1.69 bits per heavy atom. The SMILES string of the molecule is CC(OC(=O)c1cc(-c2ccccc2)nc2c1cnn2C(C)C)C(=O)Nc1ccc(N(C)C)cc1. The molecule has 1 atom stereocenters. The Balaban J connectivity index is 1.59. The van der Waals surface area contributed by atoms with Crippen molar-refractivity contribution in [2.45, 2.75) is 32.9 Å². The van der Waals surface area contributed by atoms with Gasteiger partial charge >= 0.3 is 5.97 Å². The van der Waals surface area contributed by atoms with E-state index in [2.05, 4.69) is 10.4 Å². The number of benzene rings is 2. The number of hydrogen-bond acceptors (Lipinski definition) is 6. The largest absolute Gasteiger partial charge is 0.449 e. The Bertz CT molecular complexity index is 1340. The maximum absolute atomic E-state index is 13.2. The first-order chi connectivity index (χ1) is 16.7. The summed E-state index contributed by atoms with van der Waals surface area (Å²) < 4.78 is 7.35. The zero-order valence-corrected chi connectivity index (χ0v) is 20.5. The predicted molar refractivity (Wildman–Crippen MR) is 138 cm³/mol. The van der Waals surface area contributed by atoms with E-state index in [1.165, 1.54) is 0 Å². The third-order valence-electron chi connectivity index (χ3n) is 5.65. The Labute approximate surface area is 204 Å². The number of amides is 1. The molecule has 0 radical (unpaired) electrons. The minimum atomic E-state index is -1.00. The molecule has 2 aromatic carbocycles. The first-order valence-electron chi connectivity index (χ1n) is 11.5. The number of hydrogen-bond donors (Lipinski definition) is 1. The van der Waals surface area contributed by atoms with Crippen molar-refractivity contribution in [3.63, 3.8) is 0 Å². The average molecular weight is 472 g/mol. The zero-order valence-electron chi connectivity index (χ0n) is 20.5. The van der Waals surface area contributed by atoms with Gasteiger partial charge in [-0.3, -0.25) is 4.79 Å². The van der Waals surface area contributed by atoms with Gasteiger partial charge in [-0.25, -0.2) is 14.5 Å². The molecule has 35 heavy (non-hydrogen) atoms. The number of carbonyl (C=O) groups is 2. The van der Waals surface area contributed by atoms with Gasteiger partial charge < -0.3 is 15.0 Å². The number of nitrogens with zero attached hydrogens (tertiary/aromatic N) is 4. The fraction of sp³-hybridized carbons (Fsp3) is 0.259. The van der Waals surface area contributed by atoms with Crippen LogP contribution in [0.15, 0.2) is 66.9 Å². The topological polar surface area (TPSA) is 89.3 Å². The second-order valence-electron chi connectivity index (χ2n) is 8.82. The van der Waals surface area contributed by atoms with Gasteiger partial charge in [-0.2, -0.15) is 5.10 Å². The van der Waals surface area contributed by atoms with E-state index in [9.17, 15) is 9.59 Å². The maximum atomic E-state index is 13.2. The van der Waals surface area contributed by atoms with Gasteiger partial charge in [0.15, 0.2) is 11.8 Å². The van der Waals surface area contributed by atoms with Gasteiger partial charge in [0.2, 0.25) is 0 Å². The number of nitrogens with one attached hydrogen (secondary N) is 1. The Morgan fingerprint density at radius 1 is 1.00 bits per heavy atom. The van der Waals surface area contributed by atoms with Gasteiger partial charge in [0.25, 0.3) is 5.91 Å². The molecule has 8 nitrogen and oxygen atoms in total. The molecule has 0 bridgehead atoms. The van der Waals surface area contributed by atoms with E-state index in [4.69, 9.17) is 9.72 Å². The summed E-state index contributed by atoms with van der Waals surface area (Å²) in [4.78, 5) is 32.7. The highest BCUT2D eigenvalue weighted by molar-refractivity contribution is 6.05. The molecule has 0 aliphatic heterocycles. The van der Waals surface area contributed by atoms with Gasteiger partial charge in [-0.05, 0) is 51.1 Å². The Morgan fingerprint density at radius 3 is 2.31 bits per heavy atom. The monoisotopic (exact) mass is 471 g/mol. The van der Waals surface area contributed by atoms with E-state index >= 15 is 0 Å². The second kappa shape index (κ2) is 9.97. The molecule has 0 spiro atoms. The van der Waals surface area contributed by atoms with Crippen LogP contribution in [-0.2, 0) is 9.53 Å². The van der Waals surface area contributed by atoms with Crippen LogP contribution in [0, 0.1) is 0 Å². The minimum Gasteiger partial charge on any atom is -0.449 e. The highest BCUT2D eigenvalue weighted by Crippen LogP contribution is 2.27. The molecule has 2 heterocycles. The average Bonchev–Trinajstić information content (AvgIpc) is 3.28. The number of ether oxygens (including phenoxy) is 1. The van der Waals surface area contributed by atoms with Crippen LogP contribution < -0.4 is 10.2 Å². The fourth-order valence-electron chi connectivity index (χ4n) is 3.69. The van der Waals surface area contributed by atoms with E-state index in [-0.39, 0.29) is 6.04 Å². The number of carbonyl (C=O) groups excluding carboxylic acids is 2. The predicted octanol–water partition coefficient (Wildman–Crippen LogP) is 4.93. The molecule has 2 aromatic heterocycles. The molecular weight excluding hydrogens is 442 g/mol. The smallest absolute Gasteiger partial charge is 0.339 e. The molecule has 0 aliphatic carbocycles. The lowest BCUT2D eigenvalue weighted by molar-refractivity contribution is -0.123. The lowest BCUT2D eigenvalue weighted by Gasteiger charge is -2.16. The molecule has 1 unspecified atom stereocenters. The normalized spacial score (nSPS) is 11.9. The van der Waals surface area contributed by atoms with Crippen molar-refractivity contribution >= 4 is 34.3 Å². The van der Waals surface area contributed by atoms with Gasteiger partial charge in [0.1, 0.15) is 0 Å². The van der Waals surface area contributed by atoms with Gasteiger partial charge in [-0.1, -0.05) is 30.3 Å². The number of pyridine rings is 1. The Hall–Kier alpha value is -4.20. The third kappa shape index (κ3) is 5.16. The molecule has 0 aliphatic rings. The third-order valence-corrected chi connectivity index (χ3v) is 5.65. The molecule has 0 saturated carbocycles. The summed E-state index contributed by atoms with van der Waals surface area (Å²) in [7, 11) is 3.89. The van der Waals surface area contributed by atoms with Crippen LogP contribution in [0.3, 0.4) is 0 Å². The molecular formula is C27H29N5O3. The van der Waals surface area contributed by atoms with Crippen LogP contribution in [0.1, 0.15) is 37.2 Å². The summed E-state index contributed by atoms with van der Waals surface area (Å²) in [5.74, 6) is -1.02. The summed E-state index contributed by atoms with van der Waals surface area (Å²) in [6.07, 6.45) is 0.615. The number of rotatable bonds is 7. The van der Waals surface area contributed by atoms with Crippen molar-refractivity contribution in [1.29, 1.82) is 0 Å². The van der Waals surface area contributed by atoms with Crippen LogP contribution >= 0.6 is 0 Å². The van der Waals surface area contributed by atoms with Crippen LogP contribution in [0.2, 0.25) is 0 Å². The molecule has 1 amide bonds. The molecule has 4 aromatic rings. The van der Waals surface area contributed by atoms with Crippen LogP contribution in [0.4, 0.5) is 11.4 Å². The van der Waals surface area contributed by atoms with E-state index < -0.39 is 18.0 Å². The highest BCUT2D eigenvalue weighted by Gasteiger charge is 2.24. The summed E-state index contributed by atoms with van der Waals surface area (Å²) in [6, 6.07) is 18.8. The Kier molecular flexibility index (Phi) is 6.82.